The third-order valence-corrected chi connectivity index (χ3v) is 3.91. The van der Waals surface area contributed by atoms with Crippen LogP contribution in [0.2, 0.25) is 0 Å². The number of carbonyl (C=O) groups is 1. The summed E-state index contributed by atoms with van der Waals surface area (Å²) in [6.45, 7) is 6.19. The fourth-order valence-corrected chi connectivity index (χ4v) is 2.48. The molecule has 1 N–H and O–H groups in total. The summed E-state index contributed by atoms with van der Waals surface area (Å²) in [5.74, 6) is 0.238. The predicted octanol–water partition coefficient (Wildman–Crippen LogP) is 2.37. The average molecular weight is 247 g/mol. The van der Waals surface area contributed by atoms with Gasteiger partial charge in [0.05, 0.1) is 5.41 Å². The maximum Gasteiger partial charge on any atom is 0.314 e. The van der Waals surface area contributed by atoms with Crippen molar-refractivity contribution in [2.75, 3.05) is 13.1 Å². The van der Waals surface area contributed by atoms with Gasteiger partial charge in [-0.1, -0.05) is 44.2 Å². The fourth-order valence-electron chi connectivity index (χ4n) is 2.48. The Bertz CT molecular complexity index is 394. The van der Waals surface area contributed by atoms with Gasteiger partial charge in [0, 0.05) is 6.54 Å². The summed E-state index contributed by atoms with van der Waals surface area (Å²) in [7, 11) is 0. The largest absolute Gasteiger partial charge is 0.460 e. The summed E-state index contributed by atoms with van der Waals surface area (Å²) in [6.07, 6.45) is 0.873. The van der Waals surface area contributed by atoms with Crippen LogP contribution in [0.5, 0.6) is 0 Å². The summed E-state index contributed by atoms with van der Waals surface area (Å²) in [5, 5.41) is 3.27. The lowest BCUT2D eigenvalue weighted by atomic mass is 9.76. The number of rotatable bonds is 4. The number of nitrogens with one attached hydrogen (secondary N) is 1. The molecule has 0 bridgehead atoms. The maximum atomic E-state index is 12.3. The minimum Gasteiger partial charge on any atom is -0.460 e. The van der Waals surface area contributed by atoms with E-state index in [1.807, 2.05) is 30.3 Å². The van der Waals surface area contributed by atoms with Crippen LogP contribution in [0.25, 0.3) is 0 Å². The van der Waals surface area contributed by atoms with Crippen LogP contribution in [0.4, 0.5) is 0 Å². The van der Waals surface area contributed by atoms with Crippen molar-refractivity contribution < 1.29 is 9.53 Å². The van der Waals surface area contributed by atoms with E-state index in [4.69, 9.17) is 4.74 Å². The Hall–Kier alpha value is -1.35. The van der Waals surface area contributed by atoms with Crippen molar-refractivity contribution in [2.45, 2.75) is 26.9 Å². The van der Waals surface area contributed by atoms with Gasteiger partial charge in [0.15, 0.2) is 0 Å². The molecule has 0 amide bonds. The Labute approximate surface area is 109 Å². The molecule has 3 heteroatoms. The lowest BCUT2D eigenvalue weighted by Gasteiger charge is -2.29. The van der Waals surface area contributed by atoms with Gasteiger partial charge in [0.25, 0.3) is 0 Å². The highest BCUT2D eigenvalue weighted by Gasteiger charge is 2.45. The van der Waals surface area contributed by atoms with Crippen molar-refractivity contribution in [3.63, 3.8) is 0 Å². The first-order valence-corrected chi connectivity index (χ1v) is 6.57. The fraction of sp³-hybridized carbons (Fsp3) is 0.533. The van der Waals surface area contributed by atoms with E-state index in [1.165, 1.54) is 0 Å². The third-order valence-electron chi connectivity index (χ3n) is 3.91. The number of hydrogen-bond donors (Lipinski definition) is 1. The Morgan fingerprint density at radius 3 is 2.67 bits per heavy atom. The Morgan fingerprint density at radius 2 is 2.11 bits per heavy atom. The van der Waals surface area contributed by atoms with Crippen LogP contribution < -0.4 is 5.32 Å². The third kappa shape index (κ3) is 2.56. The van der Waals surface area contributed by atoms with E-state index in [0.717, 1.165) is 25.1 Å². The van der Waals surface area contributed by atoms with E-state index in [1.54, 1.807) is 0 Å². The molecule has 18 heavy (non-hydrogen) atoms. The van der Waals surface area contributed by atoms with Crippen molar-refractivity contribution in [3.05, 3.63) is 35.9 Å². The van der Waals surface area contributed by atoms with Gasteiger partial charge in [-0.2, -0.15) is 0 Å². The summed E-state index contributed by atoms with van der Waals surface area (Å²) in [5.41, 5.74) is 0.699. The molecule has 0 saturated carbocycles. The highest BCUT2D eigenvalue weighted by Crippen LogP contribution is 2.35. The van der Waals surface area contributed by atoms with Gasteiger partial charge in [-0.3, -0.25) is 4.79 Å². The molecule has 0 aromatic heterocycles. The molecule has 1 heterocycles. The standard InChI is InChI=1S/C15H21NO2/c1-12(2)15(8-9-16-11-15)14(17)18-10-13-6-4-3-5-7-13/h3-7,12,16H,8-11H2,1-2H3. The van der Waals surface area contributed by atoms with Crippen LogP contribution in [0.3, 0.4) is 0 Å². The molecule has 0 radical (unpaired) electrons. The van der Waals surface area contributed by atoms with Crippen molar-refractivity contribution >= 4 is 5.97 Å². The van der Waals surface area contributed by atoms with Crippen molar-refractivity contribution in [2.24, 2.45) is 11.3 Å². The van der Waals surface area contributed by atoms with Gasteiger partial charge < -0.3 is 10.1 Å². The molecular weight excluding hydrogens is 226 g/mol. The minimum absolute atomic E-state index is 0.0636. The van der Waals surface area contributed by atoms with Crippen molar-refractivity contribution in [1.82, 2.24) is 5.32 Å². The number of esters is 1. The first-order chi connectivity index (χ1) is 8.65. The summed E-state index contributed by atoms with van der Waals surface area (Å²) < 4.78 is 5.50. The predicted molar refractivity (Wildman–Crippen MR) is 71.0 cm³/mol. The molecule has 1 aromatic carbocycles. The van der Waals surface area contributed by atoms with E-state index in [0.29, 0.717) is 12.5 Å². The SMILES string of the molecule is CC(C)C1(C(=O)OCc2ccccc2)CCNC1. The first kappa shape index (κ1) is 13.1. The summed E-state index contributed by atoms with van der Waals surface area (Å²) in [4.78, 5) is 12.3. The maximum absolute atomic E-state index is 12.3. The monoisotopic (exact) mass is 247 g/mol. The van der Waals surface area contributed by atoms with Crippen LogP contribution in [0, 0.1) is 11.3 Å². The molecule has 1 aliphatic heterocycles. The molecule has 0 aliphatic carbocycles. The van der Waals surface area contributed by atoms with E-state index >= 15 is 0 Å². The highest BCUT2D eigenvalue weighted by atomic mass is 16.5. The summed E-state index contributed by atoms with van der Waals surface area (Å²) >= 11 is 0. The smallest absolute Gasteiger partial charge is 0.314 e. The van der Waals surface area contributed by atoms with E-state index < -0.39 is 0 Å². The van der Waals surface area contributed by atoms with E-state index in [2.05, 4.69) is 19.2 Å². The highest BCUT2D eigenvalue weighted by molar-refractivity contribution is 5.78. The van der Waals surface area contributed by atoms with Crippen molar-refractivity contribution in [3.8, 4) is 0 Å². The molecule has 1 aliphatic rings. The first-order valence-electron chi connectivity index (χ1n) is 6.57. The van der Waals surface area contributed by atoms with E-state index in [-0.39, 0.29) is 11.4 Å². The molecule has 3 nitrogen and oxygen atoms in total. The Kier molecular flexibility index (Phi) is 4.02. The van der Waals surface area contributed by atoms with Crippen LogP contribution in [-0.2, 0) is 16.1 Å². The molecule has 2 rings (SSSR count). The number of hydrogen-bond acceptors (Lipinski definition) is 3. The van der Waals surface area contributed by atoms with Crippen LogP contribution in [0.15, 0.2) is 30.3 Å². The molecule has 1 fully saturated rings. The quantitative estimate of drug-likeness (QED) is 0.830. The van der Waals surface area contributed by atoms with E-state index in [9.17, 15) is 4.79 Å². The van der Waals surface area contributed by atoms with Crippen LogP contribution >= 0.6 is 0 Å². The second-order valence-electron chi connectivity index (χ2n) is 5.30. The second kappa shape index (κ2) is 5.53. The summed E-state index contributed by atoms with van der Waals surface area (Å²) in [6, 6.07) is 9.82. The molecular formula is C15H21NO2. The zero-order valence-electron chi connectivity index (χ0n) is 11.1. The number of ether oxygens (including phenoxy) is 1. The number of carbonyl (C=O) groups excluding carboxylic acids is 1. The van der Waals surface area contributed by atoms with Crippen LogP contribution in [0.1, 0.15) is 25.8 Å². The number of benzene rings is 1. The van der Waals surface area contributed by atoms with Gasteiger partial charge in [0.2, 0.25) is 0 Å². The van der Waals surface area contributed by atoms with Crippen LogP contribution in [-0.4, -0.2) is 19.1 Å². The Balaban J connectivity index is 1.98. The molecule has 1 unspecified atom stereocenters. The second-order valence-corrected chi connectivity index (χ2v) is 5.30. The van der Waals surface area contributed by atoms with Gasteiger partial charge in [-0.15, -0.1) is 0 Å². The van der Waals surface area contributed by atoms with Crippen molar-refractivity contribution in [1.29, 1.82) is 0 Å². The Morgan fingerprint density at radius 1 is 1.39 bits per heavy atom. The molecule has 1 aromatic rings. The minimum atomic E-state index is -0.339. The normalized spacial score (nSPS) is 23.3. The molecule has 1 atom stereocenters. The lowest BCUT2D eigenvalue weighted by molar-refractivity contribution is -0.159. The van der Waals surface area contributed by atoms with Gasteiger partial charge in [-0.05, 0) is 24.4 Å². The van der Waals surface area contributed by atoms with Gasteiger partial charge >= 0.3 is 5.97 Å². The molecule has 98 valence electrons. The average Bonchev–Trinajstić information content (AvgIpc) is 2.88. The topological polar surface area (TPSA) is 38.3 Å². The zero-order chi connectivity index (χ0) is 13.0. The molecule has 1 saturated heterocycles. The van der Waals surface area contributed by atoms with Gasteiger partial charge in [0.1, 0.15) is 6.61 Å². The molecule has 0 spiro atoms. The zero-order valence-corrected chi connectivity index (χ0v) is 11.1. The van der Waals surface area contributed by atoms with Gasteiger partial charge in [-0.25, -0.2) is 0 Å². The lowest BCUT2D eigenvalue weighted by Crippen LogP contribution is -2.39.